The van der Waals surface area contributed by atoms with Crippen molar-refractivity contribution in [3.63, 3.8) is 0 Å². The summed E-state index contributed by atoms with van der Waals surface area (Å²) < 4.78 is 4.88. The van der Waals surface area contributed by atoms with Gasteiger partial charge in [-0.05, 0) is 24.1 Å². The van der Waals surface area contributed by atoms with E-state index in [0.717, 1.165) is 5.56 Å². The largest absolute Gasteiger partial charge is 0.399 e. The molecule has 1 aromatic heterocycles. The Kier molecular flexibility index (Phi) is 3.04. The van der Waals surface area contributed by atoms with Crippen LogP contribution in [-0.4, -0.2) is 16.0 Å². The van der Waals surface area contributed by atoms with Gasteiger partial charge in [0.15, 0.2) is 0 Å². The van der Waals surface area contributed by atoms with Crippen molar-refractivity contribution in [2.75, 3.05) is 5.73 Å². The highest BCUT2D eigenvalue weighted by molar-refractivity contribution is 5.88. The summed E-state index contributed by atoms with van der Waals surface area (Å²) in [6.45, 7) is 0. The molecule has 0 unspecified atom stereocenters. The number of nitrogens with zero attached hydrogens (tertiary/aromatic N) is 2. The van der Waals surface area contributed by atoms with E-state index in [-0.39, 0.29) is 5.82 Å². The summed E-state index contributed by atoms with van der Waals surface area (Å²) in [6.07, 6.45) is 1.26. The Morgan fingerprint density at radius 1 is 1.35 bits per heavy atom. The van der Waals surface area contributed by atoms with Crippen molar-refractivity contribution in [1.29, 1.82) is 0 Å². The van der Waals surface area contributed by atoms with Crippen LogP contribution in [0.5, 0.6) is 0 Å². The third-order valence-corrected chi connectivity index (χ3v) is 2.27. The maximum Gasteiger partial charge on any atom is 0.290 e. The summed E-state index contributed by atoms with van der Waals surface area (Å²) in [4.78, 5) is 14.6. The van der Waals surface area contributed by atoms with Gasteiger partial charge in [-0.2, -0.15) is 4.98 Å². The number of carbonyl (C=O) groups excluding carboxylic acids is 1. The number of primary amides is 1. The van der Waals surface area contributed by atoms with Gasteiger partial charge in [-0.1, -0.05) is 17.3 Å². The van der Waals surface area contributed by atoms with E-state index in [4.69, 9.17) is 16.0 Å². The second-order valence-electron chi connectivity index (χ2n) is 3.62. The first-order valence-corrected chi connectivity index (χ1v) is 5.12. The molecule has 1 heterocycles. The third kappa shape index (κ3) is 2.81. The minimum atomic E-state index is -0.691. The van der Waals surface area contributed by atoms with E-state index in [1.807, 2.05) is 24.3 Å². The molecule has 0 aliphatic heterocycles. The molecule has 2 rings (SSSR count). The van der Waals surface area contributed by atoms with Crippen LogP contribution >= 0.6 is 0 Å². The summed E-state index contributed by atoms with van der Waals surface area (Å²) in [5, 5.41) is 3.46. The molecule has 0 aliphatic carbocycles. The average Bonchev–Trinajstić information content (AvgIpc) is 2.75. The van der Waals surface area contributed by atoms with Gasteiger partial charge in [-0.25, -0.2) is 0 Å². The van der Waals surface area contributed by atoms with Gasteiger partial charge < -0.3 is 16.0 Å². The van der Waals surface area contributed by atoms with Gasteiger partial charge in [-0.15, -0.1) is 0 Å². The van der Waals surface area contributed by atoms with Crippen molar-refractivity contribution in [3.8, 4) is 0 Å². The maximum atomic E-state index is 10.8. The third-order valence-electron chi connectivity index (χ3n) is 2.27. The fourth-order valence-electron chi connectivity index (χ4n) is 1.46. The second-order valence-corrected chi connectivity index (χ2v) is 3.62. The van der Waals surface area contributed by atoms with Crippen LogP contribution in [0.2, 0.25) is 0 Å². The topological polar surface area (TPSA) is 108 Å². The quantitative estimate of drug-likeness (QED) is 0.748. The van der Waals surface area contributed by atoms with E-state index in [0.29, 0.717) is 24.4 Å². The zero-order chi connectivity index (χ0) is 12.3. The van der Waals surface area contributed by atoms with Crippen molar-refractivity contribution in [2.24, 2.45) is 5.73 Å². The number of hydrogen-bond donors (Lipinski definition) is 2. The zero-order valence-electron chi connectivity index (χ0n) is 9.09. The number of aryl methyl sites for hydroxylation is 2. The molecular formula is C11H12N4O2. The van der Waals surface area contributed by atoms with E-state index >= 15 is 0 Å². The number of anilines is 1. The first-order chi connectivity index (χ1) is 8.15. The van der Waals surface area contributed by atoms with Gasteiger partial charge in [0.05, 0.1) is 0 Å². The van der Waals surface area contributed by atoms with Gasteiger partial charge in [0, 0.05) is 12.1 Å². The van der Waals surface area contributed by atoms with Crippen molar-refractivity contribution < 1.29 is 9.32 Å². The minimum Gasteiger partial charge on any atom is -0.399 e. The molecule has 2 aromatic rings. The fourth-order valence-corrected chi connectivity index (χ4v) is 1.46. The number of rotatable bonds is 4. The Labute approximate surface area is 97.6 Å². The number of hydrogen-bond acceptors (Lipinski definition) is 5. The van der Waals surface area contributed by atoms with Crippen LogP contribution < -0.4 is 11.5 Å². The molecule has 0 spiro atoms. The van der Waals surface area contributed by atoms with Crippen LogP contribution in [-0.2, 0) is 12.8 Å². The lowest BCUT2D eigenvalue weighted by Gasteiger charge is -1.99. The highest BCUT2D eigenvalue weighted by Gasteiger charge is 2.10. The van der Waals surface area contributed by atoms with Crippen molar-refractivity contribution in [2.45, 2.75) is 12.8 Å². The van der Waals surface area contributed by atoms with E-state index in [2.05, 4.69) is 10.1 Å². The number of benzene rings is 1. The van der Waals surface area contributed by atoms with E-state index in [1.54, 1.807) is 0 Å². The second kappa shape index (κ2) is 4.65. The lowest BCUT2D eigenvalue weighted by molar-refractivity contribution is 0.0987. The highest BCUT2D eigenvalue weighted by Crippen LogP contribution is 2.09. The van der Waals surface area contributed by atoms with E-state index < -0.39 is 5.91 Å². The van der Waals surface area contributed by atoms with Gasteiger partial charge in [0.25, 0.3) is 11.7 Å². The van der Waals surface area contributed by atoms with Crippen LogP contribution in [0.3, 0.4) is 0 Å². The molecule has 6 heteroatoms. The van der Waals surface area contributed by atoms with Gasteiger partial charge in [-0.3, -0.25) is 4.79 Å². The molecule has 4 N–H and O–H groups in total. The number of nitrogens with two attached hydrogens (primary N) is 2. The standard InChI is InChI=1S/C11H12N4O2/c12-8-3-1-2-7(6-8)4-5-9-14-11(10(13)16)15-17-9/h1-3,6H,4-5,12H2,(H2,13,16). The minimum absolute atomic E-state index is 0.0902. The number of aromatic nitrogens is 2. The molecule has 88 valence electrons. The van der Waals surface area contributed by atoms with Crippen LogP contribution in [0.1, 0.15) is 22.1 Å². The summed E-state index contributed by atoms with van der Waals surface area (Å²) in [5.74, 6) is -0.391. The van der Waals surface area contributed by atoms with Crippen LogP contribution in [0, 0.1) is 0 Å². The Bertz CT molecular complexity index is 536. The summed E-state index contributed by atoms with van der Waals surface area (Å²) in [6, 6.07) is 7.54. The molecule has 0 bridgehead atoms. The molecular weight excluding hydrogens is 220 g/mol. The van der Waals surface area contributed by atoms with Crippen molar-refractivity contribution in [1.82, 2.24) is 10.1 Å². The number of nitrogen functional groups attached to an aromatic ring is 1. The molecule has 0 saturated carbocycles. The molecule has 0 atom stereocenters. The monoisotopic (exact) mass is 232 g/mol. The lowest BCUT2D eigenvalue weighted by Crippen LogP contribution is -2.12. The molecule has 1 aromatic carbocycles. The van der Waals surface area contributed by atoms with Crippen molar-refractivity contribution in [3.05, 3.63) is 41.5 Å². The van der Waals surface area contributed by atoms with E-state index in [9.17, 15) is 4.79 Å². The summed E-state index contributed by atoms with van der Waals surface area (Å²) in [7, 11) is 0. The highest BCUT2D eigenvalue weighted by atomic mass is 16.5. The Hall–Kier alpha value is -2.37. The molecule has 1 amide bonds. The predicted molar refractivity (Wildman–Crippen MR) is 61.1 cm³/mol. The Morgan fingerprint density at radius 2 is 2.18 bits per heavy atom. The van der Waals surface area contributed by atoms with Crippen molar-refractivity contribution >= 4 is 11.6 Å². The summed E-state index contributed by atoms with van der Waals surface area (Å²) in [5.41, 5.74) is 12.5. The van der Waals surface area contributed by atoms with Crippen LogP contribution in [0.15, 0.2) is 28.8 Å². The summed E-state index contributed by atoms with van der Waals surface area (Å²) >= 11 is 0. The average molecular weight is 232 g/mol. The first kappa shape index (κ1) is 11.1. The molecule has 17 heavy (non-hydrogen) atoms. The van der Waals surface area contributed by atoms with Gasteiger partial charge in [0.1, 0.15) is 0 Å². The predicted octanol–water partition coefficient (Wildman–Crippen LogP) is 0.536. The molecule has 0 fully saturated rings. The fraction of sp³-hybridized carbons (Fsp3) is 0.182. The molecule has 0 aliphatic rings. The van der Waals surface area contributed by atoms with Gasteiger partial charge in [0.2, 0.25) is 5.89 Å². The number of amides is 1. The zero-order valence-corrected chi connectivity index (χ0v) is 9.09. The SMILES string of the molecule is NC(=O)c1noc(CCc2cccc(N)c2)n1. The molecule has 6 nitrogen and oxygen atoms in total. The molecule has 0 radical (unpaired) electrons. The Morgan fingerprint density at radius 3 is 2.82 bits per heavy atom. The maximum absolute atomic E-state index is 10.8. The van der Waals surface area contributed by atoms with Crippen LogP contribution in [0.4, 0.5) is 5.69 Å². The molecule has 0 saturated heterocycles. The number of carbonyl (C=O) groups is 1. The normalized spacial score (nSPS) is 10.4. The smallest absolute Gasteiger partial charge is 0.290 e. The van der Waals surface area contributed by atoms with Gasteiger partial charge >= 0.3 is 0 Å². The van der Waals surface area contributed by atoms with Crippen LogP contribution in [0.25, 0.3) is 0 Å². The Balaban J connectivity index is 2.00. The van der Waals surface area contributed by atoms with E-state index in [1.165, 1.54) is 0 Å². The lowest BCUT2D eigenvalue weighted by atomic mass is 10.1. The first-order valence-electron chi connectivity index (χ1n) is 5.12.